The molecular weight excluding hydrogens is 214 g/mol. The van der Waals surface area contributed by atoms with Crippen molar-refractivity contribution < 1.29 is 24.5 Å². The third kappa shape index (κ3) is 3.46. The van der Waals surface area contributed by atoms with Crippen molar-refractivity contribution in [2.24, 2.45) is 0 Å². The fourth-order valence-electron chi connectivity index (χ4n) is 1.08. The third-order valence-corrected chi connectivity index (χ3v) is 2.64. The maximum atomic E-state index is 11.7. The second kappa shape index (κ2) is 5.81. The number of aliphatic carboxylic acids is 1. The Labute approximate surface area is 94.6 Å². The van der Waals surface area contributed by atoms with Crippen LogP contribution < -0.4 is 5.32 Å². The molecule has 0 radical (unpaired) electrons. The molecule has 0 aliphatic rings. The van der Waals surface area contributed by atoms with Gasteiger partial charge in [-0.25, -0.2) is 4.79 Å². The van der Waals surface area contributed by atoms with Crippen LogP contribution in [-0.2, 0) is 14.3 Å². The van der Waals surface area contributed by atoms with Crippen molar-refractivity contribution in [3.8, 4) is 0 Å². The molecule has 1 unspecified atom stereocenters. The van der Waals surface area contributed by atoms with E-state index in [1.165, 1.54) is 14.0 Å². The van der Waals surface area contributed by atoms with Crippen molar-refractivity contribution in [3.63, 3.8) is 0 Å². The van der Waals surface area contributed by atoms with Gasteiger partial charge in [0.1, 0.15) is 5.60 Å². The van der Waals surface area contributed by atoms with E-state index in [9.17, 15) is 14.7 Å². The molecule has 3 atom stereocenters. The van der Waals surface area contributed by atoms with Gasteiger partial charge in [-0.3, -0.25) is 4.79 Å². The Morgan fingerprint density at radius 3 is 2.25 bits per heavy atom. The van der Waals surface area contributed by atoms with Gasteiger partial charge < -0.3 is 20.3 Å². The smallest absolute Gasteiger partial charge is 0.328 e. The van der Waals surface area contributed by atoms with Crippen LogP contribution in [0.2, 0.25) is 0 Å². The molecule has 0 aromatic rings. The average Bonchev–Trinajstić information content (AvgIpc) is 2.23. The first-order valence-electron chi connectivity index (χ1n) is 5.05. The summed E-state index contributed by atoms with van der Waals surface area (Å²) in [6.07, 6.45) is -0.763. The Kier molecular flexibility index (Phi) is 5.40. The first-order chi connectivity index (χ1) is 7.28. The van der Waals surface area contributed by atoms with Crippen LogP contribution in [0.15, 0.2) is 0 Å². The van der Waals surface area contributed by atoms with E-state index in [2.05, 4.69) is 5.32 Å². The van der Waals surface area contributed by atoms with E-state index in [-0.39, 0.29) is 0 Å². The number of hydrogen-bond acceptors (Lipinski definition) is 4. The lowest BCUT2D eigenvalue weighted by atomic mass is 10.0. The maximum absolute atomic E-state index is 11.7. The summed E-state index contributed by atoms with van der Waals surface area (Å²) in [5, 5.41) is 20.2. The predicted octanol–water partition coefficient (Wildman–Crippen LogP) is -0.248. The Balaban J connectivity index is 4.70. The lowest BCUT2D eigenvalue weighted by molar-refractivity contribution is -0.151. The summed E-state index contributed by atoms with van der Waals surface area (Å²) in [6, 6.07) is -1.33. The van der Waals surface area contributed by atoms with Crippen molar-refractivity contribution in [1.29, 1.82) is 0 Å². The number of hydrogen-bond donors (Lipinski definition) is 3. The molecule has 0 aliphatic heterocycles. The van der Waals surface area contributed by atoms with Crippen LogP contribution >= 0.6 is 0 Å². The number of carbonyl (C=O) groups excluding carboxylic acids is 1. The highest BCUT2D eigenvalue weighted by Gasteiger charge is 2.35. The van der Waals surface area contributed by atoms with Gasteiger partial charge in [-0.15, -0.1) is 0 Å². The molecule has 0 heterocycles. The second-order valence-electron chi connectivity index (χ2n) is 3.82. The number of carboxylic acid groups (broad SMARTS) is 1. The molecule has 16 heavy (non-hydrogen) atoms. The first kappa shape index (κ1) is 14.9. The predicted molar refractivity (Wildman–Crippen MR) is 57.0 cm³/mol. The molecule has 0 saturated carbocycles. The highest BCUT2D eigenvalue weighted by Crippen LogP contribution is 2.14. The molecule has 6 heteroatoms. The number of rotatable bonds is 6. The highest BCUT2D eigenvalue weighted by atomic mass is 16.5. The zero-order valence-electron chi connectivity index (χ0n) is 9.98. The Hall–Kier alpha value is -1.14. The molecule has 0 aromatic heterocycles. The van der Waals surface area contributed by atoms with Crippen molar-refractivity contribution in [1.82, 2.24) is 5.32 Å². The van der Waals surface area contributed by atoms with Crippen LogP contribution in [0.3, 0.4) is 0 Å². The number of carboxylic acids is 1. The van der Waals surface area contributed by atoms with E-state index in [0.29, 0.717) is 6.42 Å². The van der Waals surface area contributed by atoms with Crippen LogP contribution in [0, 0.1) is 0 Å². The molecule has 0 saturated heterocycles. The van der Waals surface area contributed by atoms with Gasteiger partial charge in [-0.2, -0.15) is 0 Å². The van der Waals surface area contributed by atoms with E-state index in [1.54, 1.807) is 13.8 Å². The summed E-state index contributed by atoms with van der Waals surface area (Å²) in [4.78, 5) is 22.5. The van der Waals surface area contributed by atoms with E-state index >= 15 is 0 Å². The minimum Gasteiger partial charge on any atom is -0.480 e. The maximum Gasteiger partial charge on any atom is 0.328 e. The minimum absolute atomic E-state index is 0.404. The molecule has 0 aromatic carbocycles. The quantitative estimate of drug-likeness (QED) is 0.588. The van der Waals surface area contributed by atoms with Gasteiger partial charge in [0.05, 0.1) is 6.10 Å². The standard InChI is InChI=1S/C10H19NO5/c1-5-10(3,16-4)9(15)11-7(6(2)12)8(13)14/h6-7,12H,5H2,1-4H3,(H,11,15)(H,13,14)/t6-,7+,10?/m1/s1. The topological polar surface area (TPSA) is 95.9 Å². The van der Waals surface area contributed by atoms with Crippen LogP contribution in [0.5, 0.6) is 0 Å². The fourth-order valence-corrected chi connectivity index (χ4v) is 1.08. The SMILES string of the molecule is CCC(C)(OC)C(=O)N[C@H](C(=O)O)[C@@H](C)O. The number of amides is 1. The summed E-state index contributed by atoms with van der Waals surface area (Å²) in [7, 11) is 1.38. The van der Waals surface area contributed by atoms with E-state index in [4.69, 9.17) is 9.84 Å². The van der Waals surface area contributed by atoms with E-state index in [1.807, 2.05) is 0 Å². The first-order valence-corrected chi connectivity index (χ1v) is 5.05. The number of nitrogens with one attached hydrogen (secondary N) is 1. The summed E-state index contributed by atoms with van der Waals surface area (Å²) < 4.78 is 5.02. The Morgan fingerprint density at radius 2 is 2.00 bits per heavy atom. The lowest BCUT2D eigenvalue weighted by Gasteiger charge is -2.28. The largest absolute Gasteiger partial charge is 0.480 e. The van der Waals surface area contributed by atoms with Gasteiger partial charge in [-0.05, 0) is 20.3 Å². The minimum atomic E-state index is -1.33. The summed E-state index contributed by atoms with van der Waals surface area (Å²) in [6.45, 7) is 4.61. The highest BCUT2D eigenvalue weighted by molar-refractivity contribution is 5.89. The number of ether oxygens (including phenoxy) is 1. The fraction of sp³-hybridized carbons (Fsp3) is 0.800. The second-order valence-corrected chi connectivity index (χ2v) is 3.82. The van der Waals surface area contributed by atoms with Gasteiger partial charge in [0.2, 0.25) is 0 Å². The number of aliphatic hydroxyl groups excluding tert-OH is 1. The molecule has 0 fully saturated rings. The molecule has 3 N–H and O–H groups in total. The van der Waals surface area contributed by atoms with Gasteiger partial charge in [0.15, 0.2) is 6.04 Å². The molecule has 1 amide bonds. The van der Waals surface area contributed by atoms with Crippen LogP contribution in [0.1, 0.15) is 27.2 Å². The normalized spacial score (nSPS) is 18.3. The van der Waals surface area contributed by atoms with Crippen molar-refractivity contribution in [2.45, 2.75) is 44.9 Å². The zero-order chi connectivity index (χ0) is 12.9. The number of methoxy groups -OCH3 is 1. The van der Waals surface area contributed by atoms with E-state index in [0.717, 1.165) is 0 Å². The lowest BCUT2D eigenvalue weighted by Crippen LogP contribution is -2.55. The summed E-state index contributed by atoms with van der Waals surface area (Å²) in [5.74, 6) is -1.83. The summed E-state index contributed by atoms with van der Waals surface area (Å²) in [5.41, 5.74) is -1.08. The molecule has 0 bridgehead atoms. The van der Waals surface area contributed by atoms with Gasteiger partial charge in [0.25, 0.3) is 5.91 Å². The Bertz CT molecular complexity index is 260. The zero-order valence-corrected chi connectivity index (χ0v) is 9.98. The average molecular weight is 233 g/mol. The summed E-state index contributed by atoms with van der Waals surface area (Å²) >= 11 is 0. The van der Waals surface area contributed by atoms with E-state index < -0.39 is 29.6 Å². The van der Waals surface area contributed by atoms with Gasteiger partial charge in [-0.1, -0.05) is 6.92 Å². The molecular formula is C10H19NO5. The van der Waals surface area contributed by atoms with Crippen LogP contribution in [0.4, 0.5) is 0 Å². The molecule has 94 valence electrons. The number of aliphatic hydroxyl groups is 1. The van der Waals surface area contributed by atoms with Crippen molar-refractivity contribution >= 4 is 11.9 Å². The Morgan fingerprint density at radius 1 is 1.50 bits per heavy atom. The third-order valence-electron chi connectivity index (χ3n) is 2.64. The van der Waals surface area contributed by atoms with Crippen molar-refractivity contribution in [2.75, 3.05) is 7.11 Å². The van der Waals surface area contributed by atoms with Gasteiger partial charge >= 0.3 is 5.97 Å². The van der Waals surface area contributed by atoms with Crippen LogP contribution in [-0.4, -0.2) is 46.9 Å². The van der Waals surface area contributed by atoms with Gasteiger partial charge in [0, 0.05) is 7.11 Å². The molecule has 0 aliphatic carbocycles. The molecule has 0 spiro atoms. The molecule has 0 rings (SSSR count). The van der Waals surface area contributed by atoms with Crippen LogP contribution in [0.25, 0.3) is 0 Å². The van der Waals surface area contributed by atoms with Crippen molar-refractivity contribution in [3.05, 3.63) is 0 Å². The monoisotopic (exact) mass is 233 g/mol. The molecule has 6 nitrogen and oxygen atoms in total. The number of carbonyl (C=O) groups is 2.